The zero-order chi connectivity index (χ0) is 13.0. The lowest BCUT2D eigenvalue weighted by molar-refractivity contribution is -0.262. The van der Waals surface area contributed by atoms with Gasteiger partial charge in [-0.15, -0.1) is 0 Å². The van der Waals surface area contributed by atoms with Crippen LogP contribution in [0.3, 0.4) is 0 Å². The van der Waals surface area contributed by atoms with Crippen LogP contribution in [0.2, 0.25) is 0 Å². The van der Waals surface area contributed by atoms with Crippen molar-refractivity contribution in [3.63, 3.8) is 0 Å². The first-order valence-corrected chi connectivity index (χ1v) is 5.65. The van der Waals surface area contributed by atoms with Gasteiger partial charge in [-0.1, -0.05) is 13.3 Å². The molecule has 0 saturated carbocycles. The van der Waals surface area contributed by atoms with E-state index >= 15 is 0 Å². The molecule has 18 heavy (non-hydrogen) atoms. The number of hydrogen-bond acceptors (Lipinski definition) is 8. The molecular weight excluding hydrogens is 248 g/mol. The number of carbonyl (C=O) groups is 2. The molecule has 0 N–H and O–H groups in total. The van der Waals surface area contributed by atoms with E-state index in [1.807, 2.05) is 6.92 Å². The molecule has 0 aromatic carbocycles. The molecule has 8 nitrogen and oxygen atoms in total. The fourth-order valence-electron chi connectivity index (χ4n) is 1.50. The van der Waals surface area contributed by atoms with Crippen LogP contribution in [-0.4, -0.2) is 44.4 Å². The number of hydrogen-bond donors (Lipinski definition) is 0. The Bertz CT molecular complexity index is 289. The van der Waals surface area contributed by atoms with Gasteiger partial charge in [-0.2, -0.15) is 0 Å². The molecule has 0 spiro atoms. The Kier molecular flexibility index (Phi) is 4.21. The molecule has 0 amide bonds. The molecular formula is C10H14O8. The third kappa shape index (κ3) is 3.47. The molecule has 2 aliphatic heterocycles. The minimum absolute atomic E-state index is 0.0172. The zero-order valence-electron chi connectivity index (χ0n) is 9.83. The molecule has 102 valence electrons. The summed E-state index contributed by atoms with van der Waals surface area (Å²) in [6.07, 6.45) is -2.46. The minimum Gasteiger partial charge on any atom is -0.428 e. The number of cyclic esters (lactones) is 4. The molecule has 0 aromatic rings. The van der Waals surface area contributed by atoms with Gasteiger partial charge in [0.2, 0.25) is 12.6 Å². The van der Waals surface area contributed by atoms with Crippen molar-refractivity contribution in [3.05, 3.63) is 0 Å². The van der Waals surface area contributed by atoms with Crippen molar-refractivity contribution in [2.45, 2.75) is 38.6 Å². The molecule has 0 radical (unpaired) electrons. The van der Waals surface area contributed by atoms with Crippen molar-refractivity contribution in [2.24, 2.45) is 0 Å². The van der Waals surface area contributed by atoms with Crippen LogP contribution >= 0.6 is 0 Å². The van der Waals surface area contributed by atoms with Crippen molar-refractivity contribution in [2.75, 3.05) is 13.2 Å². The van der Waals surface area contributed by atoms with Crippen LogP contribution in [0, 0.1) is 0 Å². The summed E-state index contributed by atoms with van der Waals surface area (Å²) >= 11 is 0. The van der Waals surface area contributed by atoms with E-state index in [0.29, 0.717) is 6.42 Å². The van der Waals surface area contributed by atoms with Gasteiger partial charge in [-0.3, -0.25) is 0 Å². The highest BCUT2D eigenvalue weighted by Gasteiger charge is 2.33. The zero-order valence-corrected chi connectivity index (χ0v) is 9.83. The quantitative estimate of drug-likeness (QED) is 0.519. The Morgan fingerprint density at radius 3 is 1.94 bits per heavy atom. The van der Waals surface area contributed by atoms with Gasteiger partial charge < -0.3 is 28.4 Å². The molecule has 2 heterocycles. The second kappa shape index (κ2) is 5.87. The van der Waals surface area contributed by atoms with E-state index in [4.69, 9.17) is 18.9 Å². The average molecular weight is 262 g/mol. The monoisotopic (exact) mass is 262 g/mol. The van der Waals surface area contributed by atoms with Crippen LogP contribution in [0.5, 0.6) is 0 Å². The smallest absolute Gasteiger partial charge is 0.428 e. The van der Waals surface area contributed by atoms with Crippen LogP contribution < -0.4 is 0 Å². The largest absolute Gasteiger partial charge is 0.510 e. The van der Waals surface area contributed by atoms with Gasteiger partial charge in [0.05, 0.1) is 0 Å². The van der Waals surface area contributed by atoms with Gasteiger partial charge in [0, 0.05) is 0 Å². The Morgan fingerprint density at radius 2 is 1.61 bits per heavy atom. The Morgan fingerprint density at radius 1 is 1.11 bits per heavy atom. The first-order valence-electron chi connectivity index (χ1n) is 5.65. The Balaban J connectivity index is 1.79. The van der Waals surface area contributed by atoms with Crippen LogP contribution in [0.1, 0.15) is 19.8 Å². The van der Waals surface area contributed by atoms with Gasteiger partial charge in [0.25, 0.3) is 0 Å². The van der Waals surface area contributed by atoms with E-state index in [1.54, 1.807) is 0 Å². The van der Waals surface area contributed by atoms with Gasteiger partial charge in [-0.05, 0) is 6.42 Å². The Labute approximate surface area is 103 Å². The van der Waals surface area contributed by atoms with E-state index in [0.717, 1.165) is 6.42 Å². The van der Waals surface area contributed by atoms with Crippen molar-refractivity contribution in [1.82, 2.24) is 0 Å². The van der Waals surface area contributed by atoms with E-state index in [-0.39, 0.29) is 13.2 Å². The molecule has 0 bridgehead atoms. The summed E-state index contributed by atoms with van der Waals surface area (Å²) in [5.74, 6) is 0. The van der Waals surface area contributed by atoms with Gasteiger partial charge >= 0.3 is 12.3 Å². The van der Waals surface area contributed by atoms with Gasteiger partial charge in [0.15, 0.2) is 19.5 Å². The van der Waals surface area contributed by atoms with E-state index < -0.39 is 31.2 Å². The van der Waals surface area contributed by atoms with Gasteiger partial charge in [0.1, 0.15) is 0 Å². The number of carbonyl (C=O) groups excluding carboxylic acids is 2. The number of ether oxygens (including phenoxy) is 6. The van der Waals surface area contributed by atoms with Crippen LogP contribution in [0.15, 0.2) is 0 Å². The SMILES string of the molecule is CCCC(OC1COC(=O)O1)OC1COC(=O)O1. The fraction of sp³-hybridized carbons (Fsp3) is 0.800. The predicted molar refractivity (Wildman–Crippen MR) is 53.3 cm³/mol. The van der Waals surface area contributed by atoms with Crippen molar-refractivity contribution >= 4 is 12.3 Å². The first kappa shape index (κ1) is 12.9. The lowest BCUT2D eigenvalue weighted by Gasteiger charge is -2.21. The molecule has 2 fully saturated rings. The second-order valence-electron chi connectivity index (χ2n) is 3.71. The molecule has 2 aliphatic rings. The summed E-state index contributed by atoms with van der Waals surface area (Å²) in [6, 6.07) is 0. The maximum atomic E-state index is 10.7. The van der Waals surface area contributed by atoms with Crippen molar-refractivity contribution in [1.29, 1.82) is 0 Å². The summed E-state index contributed by atoms with van der Waals surface area (Å²) in [5, 5.41) is 0. The highest BCUT2D eigenvalue weighted by molar-refractivity contribution is 5.61. The lowest BCUT2D eigenvalue weighted by atomic mass is 10.3. The van der Waals surface area contributed by atoms with Gasteiger partial charge in [-0.25, -0.2) is 9.59 Å². The maximum Gasteiger partial charge on any atom is 0.510 e. The lowest BCUT2D eigenvalue weighted by Crippen LogP contribution is -2.31. The Hall–Kier alpha value is -1.54. The molecule has 2 saturated heterocycles. The molecule has 8 heteroatoms. The summed E-state index contributed by atoms with van der Waals surface area (Å²) in [5.41, 5.74) is 0. The van der Waals surface area contributed by atoms with Crippen LogP contribution in [0.4, 0.5) is 9.59 Å². The first-order chi connectivity index (χ1) is 8.67. The highest BCUT2D eigenvalue weighted by Crippen LogP contribution is 2.18. The second-order valence-corrected chi connectivity index (χ2v) is 3.71. The molecule has 2 atom stereocenters. The average Bonchev–Trinajstić information content (AvgIpc) is 2.89. The summed E-state index contributed by atoms with van der Waals surface area (Å²) in [6.45, 7) is 1.97. The minimum atomic E-state index is -0.799. The molecule has 2 rings (SSSR count). The summed E-state index contributed by atoms with van der Waals surface area (Å²) in [7, 11) is 0. The third-order valence-electron chi connectivity index (χ3n) is 2.26. The van der Waals surface area contributed by atoms with E-state index in [9.17, 15) is 9.59 Å². The summed E-state index contributed by atoms with van der Waals surface area (Å²) in [4.78, 5) is 21.5. The summed E-state index contributed by atoms with van der Waals surface area (Å²) < 4.78 is 29.4. The van der Waals surface area contributed by atoms with Crippen LogP contribution in [-0.2, 0) is 28.4 Å². The van der Waals surface area contributed by atoms with E-state index in [1.165, 1.54) is 0 Å². The molecule has 0 aliphatic carbocycles. The maximum absolute atomic E-state index is 10.7. The van der Waals surface area contributed by atoms with Crippen molar-refractivity contribution < 1.29 is 38.0 Å². The topological polar surface area (TPSA) is 89.5 Å². The normalized spacial score (nSPS) is 28.3. The number of rotatable bonds is 6. The van der Waals surface area contributed by atoms with Crippen LogP contribution in [0.25, 0.3) is 0 Å². The standard InChI is InChI=1S/C10H14O8/c1-2-3-6(15-7-4-13-9(11)17-7)16-8-5-14-10(12)18-8/h6-8H,2-5H2,1H3. The highest BCUT2D eigenvalue weighted by atomic mass is 16.9. The van der Waals surface area contributed by atoms with E-state index in [2.05, 4.69) is 9.47 Å². The predicted octanol–water partition coefficient (Wildman–Crippen LogP) is 1.13. The third-order valence-corrected chi connectivity index (χ3v) is 2.26. The molecule has 2 unspecified atom stereocenters. The van der Waals surface area contributed by atoms with Crippen molar-refractivity contribution in [3.8, 4) is 0 Å². The molecule has 0 aromatic heterocycles. The fourth-order valence-corrected chi connectivity index (χ4v) is 1.50.